The molecule has 0 bridgehead atoms. The summed E-state index contributed by atoms with van der Waals surface area (Å²) in [7, 11) is 0. The van der Waals surface area contributed by atoms with Crippen LogP contribution in [0.2, 0.25) is 0 Å². The summed E-state index contributed by atoms with van der Waals surface area (Å²) in [6, 6.07) is 11.8. The van der Waals surface area contributed by atoms with E-state index in [-0.39, 0.29) is 31.1 Å². The zero-order valence-corrected chi connectivity index (χ0v) is 18.9. The first-order valence-electron chi connectivity index (χ1n) is 10.8. The van der Waals surface area contributed by atoms with Gasteiger partial charge in [0, 0.05) is 19.1 Å². The molecule has 0 saturated carbocycles. The average molecular weight is 425 g/mol. The van der Waals surface area contributed by atoms with Crippen molar-refractivity contribution >= 4 is 11.8 Å². The van der Waals surface area contributed by atoms with Gasteiger partial charge in [0.2, 0.25) is 0 Å². The molecule has 3 rings (SSSR count). The number of carbonyl (C=O) groups is 2. The molecule has 0 radical (unpaired) electrons. The maximum absolute atomic E-state index is 12.5. The van der Waals surface area contributed by atoms with Crippen LogP contribution in [0, 0.1) is 27.7 Å². The second-order valence-corrected chi connectivity index (χ2v) is 8.31. The third-order valence-corrected chi connectivity index (χ3v) is 5.74. The van der Waals surface area contributed by atoms with E-state index in [2.05, 4.69) is 5.32 Å². The Morgan fingerprint density at radius 2 is 1.65 bits per heavy atom. The molecule has 1 aliphatic heterocycles. The predicted molar refractivity (Wildman–Crippen MR) is 121 cm³/mol. The van der Waals surface area contributed by atoms with Gasteiger partial charge in [-0.1, -0.05) is 23.8 Å². The van der Waals surface area contributed by atoms with Gasteiger partial charge in [-0.15, -0.1) is 0 Å². The number of hydrogen-bond acceptors (Lipinski definition) is 4. The van der Waals surface area contributed by atoms with E-state index < -0.39 is 0 Å². The summed E-state index contributed by atoms with van der Waals surface area (Å²) in [6.07, 6.45) is 1.45. The first-order chi connectivity index (χ1) is 14.8. The van der Waals surface area contributed by atoms with Crippen LogP contribution in [-0.4, -0.2) is 49.1 Å². The number of benzene rings is 2. The molecule has 31 heavy (non-hydrogen) atoms. The highest BCUT2D eigenvalue weighted by molar-refractivity contribution is 5.79. The van der Waals surface area contributed by atoms with Crippen molar-refractivity contribution in [3.63, 3.8) is 0 Å². The Bertz CT molecular complexity index is 933. The third kappa shape index (κ3) is 6.48. The second-order valence-electron chi connectivity index (χ2n) is 8.31. The fraction of sp³-hybridized carbons (Fsp3) is 0.440. The van der Waals surface area contributed by atoms with Crippen LogP contribution in [-0.2, 0) is 9.59 Å². The summed E-state index contributed by atoms with van der Waals surface area (Å²) in [5.41, 5.74) is 4.52. The normalized spacial score (nSPS) is 14.3. The van der Waals surface area contributed by atoms with Gasteiger partial charge in [0.05, 0.1) is 0 Å². The number of carbonyl (C=O) groups excluding carboxylic acids is 2. The number of nitrogens with zero attached hydrogens (tertiary/aromatic N) is 1. The minimum Gasteiger partial charge on any atom is -0.484 e. The maximum atomic E-state index is 12.5. The number of likely N-dealkylation sites (tertiary alicyclic amines) is 1. The molecule has 1 heterocycles. The monoisotopic (exact) mass is 424 g/mol. The first-order valence-corrected chi connectivity index (χ1v) is 10.8. The molecule has 1 aliphatic rings. The van der Waals surface area contributed by atoms with Gasteiger partial charge in [0.25, 0.3) is 11.8 Å². The molecule has 0 atom stereocenters. The van der Waals surface area contributed by atoms with Crippen LogP contribution in [0.4, 0.5) is 0 Å². The summed E-state index contributed by atoms with van der Waals surface area (Å²) in [6.45, 7) is 9.31. The molecule has 1 fully saturated rings. The lowest BCUT2D eigenvalue weighted by atomic mass is 10.1. The van der Waals surface area contributed by atoms with Gasteiger partial charge in [-0.25, -0.2) is 0 Å². The lowest BCUT2D eigenvalue weighted by Gasteiger charge is -2.32. The van der Waals surface area contributed by atoms with Crippen molar-refractivity contribution < 1.29 is 19.1 Å². The maximum Gasteiger partial charge on any atom is 0.260 e. The second kappa shape index (κ2) is 10.3. The smallest absolute Gasteiger partial charge is 0.260 e. The van der Waals surface area contributed by atoms with Crippen molar-refractivity contribution in [1.29, 1.82) is 0 Å². The van der Waals surface area contributed by atoms with Crippen molar-refractivity contribution in [3.8, 4) is 11.5 Å². The quantitative estimate of drug-likeness (QED) is 0.739. The lowest BCUT2D eigenvalue weighted by molar-refractivity contribution is -0.134. The number of amides is 2. The molecule has 0 unspecified atom stereocenters. The van der Waals surface area contributed by atoms with Gasteiger partial charge in [-0.2, -0.15) is 0 Å². The predicted octanol–water partition coefficient (Wildman–Crippen LogP) is 3.49. The van der Waals surface area contributed by atoms with Gasteiger partial charge in [-0.3, -0.25) is 9.59 Å². The Hall–Kier alpha value is -3.02. The highest BCUT2D eigenvalue weighted by Gasteiger charge is 2.24. The average Bonchev–Trinajstić information content (AvgIpc) is 2.74. The Labute approximate surface area is 184 Å². The van der Waals surface area contributed by atoms with Crippen LogP contribution in [0.15, 0.2) is 36.4 Å². The molecule has 0 aliphatic carbocycles. The van der Waals surface area contributed by atoms with E-state index in [0.29, 0.717) is 18.8 Å². The highest BCUT2D eigenvalue weighted by Crippen LogP contribution is 2.19. The molecule has 2 aromatic carbocycles. The minimum atomic E-state index is -0.138. The van der Waals surface area contributed by atoms with Crippen LogP contribution >= 0.6 is 0 Å². The molecule has 2 aromatic rings. The van der Waals surface area contributed by atoms with Crippen molar-refractivity contribution in [2.24, 2.45) is 0 Å². The van der Waals surface area contributed by atoms with Gasteiger partial charge < -0.3 is 19.7 Å². The van der Waals surface area contributed by atoms with Crippen LogP contribution < -0.4 is 14.8 Å². The largest absolute Gasteiger partial charge is 0.484 e. The van der Waals surface area contributed by atoms with Crippen LogP contribution in [0.1, 0.15) is 35.1 Å². The fourth-order valence-corrected chi connectivity index (χ4v) is 3.69. The van der Waals surface area contributed by atoms with Gasteiger partial charge in [0.15, 0.2) is 13.2 Å². The molecule has 6 heteroatoms. The van der Waals surface area contributed by atoms with Crippen molar-refractivity contribution in [1.82, 2.24) is 10.2 Å². The number of ether oxygens (including phenoxy) is 2. The summed E-state index contributed by atoms with van der Waals surface area (Å²) < 4.78 is 11.3. The van der Waals surface area contributed by atoms with Gasteiger partial charge >= 0.3 is 0 Å². The van der Waals surface area contributed by atoms with E-state index >= 15 is 0 Å². The standard InChI is InChI=1S/C25H32N2O4/c1-17-5-8-23(20(4)13-17)31-16-25(29)27-11-9-21(10-12-27)26-24(28)15-30-22-7-6-18(2)19(3)14-22/h5-8,13-14,21H,9-12,15-16H2,1-4H3,(H,26,28). The molecule has 1 saturated heterocycles. The molecule has 2 amide bonds. The Balaban J connectivity index is 1.38. The molecule has 1 N–H and O–H groups in total. The third-order valence-electron chi connectivity index (χ3n) is 5.74. The summed E-state index contributed by atoms with van der Waals surface area (Å²) in [5.74, 6) is 1.27. The van der Waals surface area contributed by atoms with Gasteiger partial charge in [-0.05, 0) is 75.4 Å². The van der Waals surface area contributed by atoms with Crippen LogP contribution in [0.3, 0.4) is 0 Å². The van der Waals surface area contributed by atoms with Crippen molar-refractivity contribution in [2.75, 3.05) is 26.3 Å². The summed E-state index contributed by atoms with van der Waals surface area (Å²) in [5, 5.41) is 3.01. The highest BCUT2D eigenvalue weighted by atomic mass is 16.5. The SMILES string of the molecule is Cc1ccc(OCC(=O)N2CCC(NC(=O)COc3ccc(C)c(C)c3)CC2)c(C)c1. The van der Waals surface area contributed by atoms with Crippen LogP contribution in [0.5, 0.6) is 11.5 Å². The van der Waals surface area contributed by atoms with E-state index in [0.717, 1.165) is 29.7 Å². The topological polar surface area (TPSA) is 67.9 Å². The Kier molecular flexibility index (Phi) is 7.55. The van der Waals surface area contributed by atoms with E-state index in [1.807, 2.05) is 64.1 Å². The molecular formula is C25H32N2O4. The number of nitrogens with one attached hydrogen (secondary N) is 1. The van der Waals surface area contributed by atoms with E-state index in [1.54, 1.807) is 4.90 Å². The lowest BCUT2D eigenvalue weighted by Crippen LogP contribution is -2.48. The number of rotatable bonds is 7. The van der Waals surface area contributed by atoms with Crippen LogP contribution in [0.25, 0.3) is 0 Å². The summed E-state index contributed by atoms with van der Waals surface area (Å²) >= 11 is 0. The van der Waals surface area contributed by atoms with E-state index in [1.165, 1.54) is 11.1 Å². The van der Waals surface area contributed by atoms with E-state index in [4.69, 9.17) is 9.47 Å². The molecule has 166 valence electrons. The van der Waals surface area contributed by atoms with Crippen molar-refractivity contribution in [2.45, 2.75) is 46.6 Å². The Morgan fingerprint density at radius 1 is 0.903 bits per heavy atom. The zero-order chi connectivity index (χ0) is 22.4. The Morgan fingerprint density at radius 3 is 2.32 bits per heavy atom. The molecular weight excluding hydrogens is 392 g/mol. The zero-order valence-electron chi connectivity index (χ0n) is 18.9. The number of aryl methyl sites for hydroxylation is 4. The van der Waals surface area contributed by atoms with E-state index in [9.17, 15) is 9.59 Å². The molecule has 0 aromatic heterocycles. The fourth-order valence-electron chi connectivity index (χ4n) is 3.69. The first kappa shape index (κ1) is 22.7. The number of hydrogen-bond donors (Lipinski definition) is 1. The molecule has 6 nitrogen and oxygen atoms in total. The van der Waals surface area contributed by atoms with Gasteiger partial charge in [0.1, 0.15) is 11.5 Å². The minimum absolute atomic E-state index is 0.00854. The van der Waals surface area contributed by atoms with Crippen molar-refractivity contribution in [3.05, 3.63) is 58.7 Å². The summed E-state index contributed by atoms with van der Waals surface area (Å²) in [4.78, 5) is 26.5. The molecule has 0 spiro atoms. The number of piperidine rings is 1.